The average molecular weight is 348 g/mol. The third-order valence-electron chi connectivity index (χ3n) is 7.46. The van der Waals surface area contributed by atoms with Gasteiger partial charge in [-0.3, -0.25) is 0 Å². The van der Waals surface area contributed by atoms with Gasteiger partial charge in [0.1, 0.15) is 6.10 Å². The second-order valence-electron chi connectivity index (χ2n) is 8.83. The van der Waals surface area contributed by atoms with Crippen LogP contribution in [0, 0.1) is 22.7 Å². The van der Waals surface area contributed by atoms with Gasteiger partial charge in [-0.15, -0.1) is 0 Å². The molecule has 2 aliphatic carbocycles. The monoisotopic (exact) mass is 348 g/mol. The number of benzene rings is 2. The highest BCUT2D eigenvalue weighted by molar-refractivity contribution is 5.89. The lowest BCUT2D eigenvalue weighted by atomic mass is 9.70. The molecule has 2 aromatic rings. The van der Waals surface area contributed by atoms with Gasteiger partial charge in [0.15, 0.2) is 0 Å². The lowest BCUT2D eigenvalue weighted by Gasteiger charge is -2.39. The number of esters is 1. The molecule has 2 fully saturated rings. The van der Waals surface area contributed by atoms with E-state index in [-0.39, 0.29) is 22.9 Å². The first kappa shape index (κ1) is 17.3. The molecule has 0 N–H and O–H groups in total. The van der Waals surface area contributed by atoms with Gasteiger partial charge in [-0.1, -0.05) is 69.3 Å². The fourth-order valence-corrected chi connectivity index (χ4v) is 5.61. The van der Waals surface area contributed by atoms with Gasteiger partial charge < -0.3 is 4.74 Å². The summed E-state index contributed by atoms with van der Waals surface area (Å²) in [6.45, 7) is 7.08. The first-order valence-electron chi connectivity index (χ1n) is 9.73. The maximum absolute atomic E-state index is 12.8. The molecule has 0 amide bonds. The van der Waals surface area contributed by atoms with E-state index < -0.39 is 0 Å². The molecule has 136 valence electrons. The van der Waals surface area contributed by atoms with Crippen LogP contribution in [-0.4, -0.2) is 12.1 Å². The smallest absolute Gasteiger partial charge is 0.338 e. The molecular formula is C24H28O2. The van der Waals surface area contributed by atoms with Gasteiger partial charge in [0, 0.05) is 11.3 Å². The third-order valence-corrected chi connectivity index (χ3v) is 7.46. The minimum Gasteiger partial charge on any atom is -0.458 e. The van der Waals surface area contributed by atoms with Crippen molar-refractivity contribution in [1.82, 2.24) is 0 Å². The SMILES string of the molecule is CC1(C)[C@H]2CC[C@]1(C)[C@@H](OC(=O)c1ccccc1)[C@@H]2Cc1ccccc1. The molecule has 4 atom stereocenters. The van der Waals surface area contributed by atoms with E-state index in [1.54, 1.807) is 0 Å². The number of fused-ring (bicyclic) bond motifs is 2. The molecule has 2 bridgehead atoms. The maximum atomic E-state index is 12.8. The summed E-state index contributed by atoms with van der Waals surface area (Å²) in [4.78, 5) is 12.8. The zero-order chi connectivity index (χ0) is 18.4. The highest BCUT2D eigenvalue weighted by atomic mass is 16.5. The van der Waals surface area contributed by atoms with Crippen molar-refractivity contribution in [1.29, 1.82) is 0 Å². The normalized spacial score (nSPS) is 31.7. The van der Waals surface area contributed by atoms with Gasteiger partial charge in [0.05, 0.1) is 5.56 Å². The summed E-state index contributed by atoms with van der Waals surface area (Å²) in [5, 5.41) is 0. The van der Waals surface area contributed by atoms with Crippen molar-refractivity contribution >= 4 is 5.97 Å². The molecule has 0 aliphatic heterocycles. The van der Waals surface area contributed by atoms with Gasteiger partial charge in [-0.05, 0) is 48.3 Å². The van der Waals surface area contributed by atoms with Crippen LogP contribution in [-0.2, 0) is 11.2 Å². The van der Waals surface area contributed by atoms with Crippen LogP contribution in [0.5, 0.6) is 0 Å². The lowest BCUT2D eigenvalue weighted by molar-refractivity contribution is -0.0409. The fraction of sp³-hybridized carbons (Fsp3) is 0.458. The zero-order valence-electron chi connectivity index (χ0n) is 15.9. The molecule has 2 nitrogen and oxygen atoms in total. The van der Waals surface area contributed by atoms with Gasteiger partial charge in [0.2, 0.25) is 0 Å². The molecule has 0 aromatic heterocycles. The summed E-state index contributed by atoms with van der Waals surface area (Å²) < 4.78 is 6.22. The van der Waals surface area contributed by atoms with Crippen LogP contribution in [0.3, 0.4) is 0 Å². The molecule has 0 spiro atoms. The number of hydrogen-bond acceptors (Lipinski definition) is 2. The number of carbonyl (C=O) groups is 1. The minimum atomic E-state index is -0.182. The van der Waals surface area contributed by atoms with Crippen molar-refractivity contribution in [2.75, 3.05) is 0 Å². The van der Waals surface area contributed by atoms with E-state index in [2.05, 4.69) is 51.1 Å². The molecule has 0 saturated heterocycles. The Kier molecular flexibility index (Phi) is 4.17. The van der Waals surface area contributed by atoms with Crippen molar-refractivity contribution in [2.45, 2.75) is 46.1 Å². The third kappa shape index (κ3) is 2.58. The molecule has 2 saturated carbocycles. The van der Waals surface area contributed by atoms with Crippen molar-refractivity contribution in [3.05, 3.63) is 71.8 Å². The summed E-state index contributed by atoms with van der Waals surface area (Å²) in [7, 11) is 0. The summed E-state index contributed by atoms with van der Waals surface area (Å²) in [5.74, 6) is 0.804. The van der Waals surface area contributed by atoms with Crippen molar-refractivity contribution in [3.8, 4) is 0 Å². The predicted octanol–water partition coefficient (Wildman–Crippen LogP) is 5.53. The highest BCUT2D eigenvalue weighted by Gasteiger charge is 2.67. The maximum Gasteiger partial charge on any atom is 0.338 e. The fourth-order valence-electron chi connectivity index (χ4n) is 5.61. The Bertz CT molecular complexity index is 780. The highest BCUT2D eigenvalue weighted by Crippen LogP contribution is 2.69. The molecule has 0 heterocycles. The Hall–Kier alpha value is -2.09. The number of ether oxygens (including phenoxy) is 1. The van der Waals surface area contributed by atoms with Crippen LogP contribution in [0.15, 0.2) is 60.7 Å². The Morgan fingerprint density at radius 3 is 2.27 bits per heavy atom. The second-order valence-corrected chi connectivity index (χ2v) is 8.83. The first-order chi connectivity index (χ1) is 12.4. The van der Waals surface area contributed by atoms with Gasteiger partial charge in [0.25, 0.3) is 0 Å². The van der Waals surface area contributed by atoms with E-state index in [4.69, 9.17) is 4.74 Å². The van der Waals surface area contributed by atoms with Crippen LogP contribution in [0.2, 0.25) is 0 Å². The molecular weight excluding hydrogens is 320 g/mol. The van der Waals surface area contributed by atoms with E-state index in [1.807, 2.05) is 30.3 Å². The van der Waals surface area contributed by atoms with Crippen molar-refractivity contribution in [3.63, 3.8) is 0 Å². The van der Waals surface area contributed by atoms with Crippen molar-refractivity contribution in [2.24, 2.45) is 22.7 Å². The molecule has 0 radical (unpaired) electrons. The van der Waals surface area contributed by atoms with Gasteiger partial charge in [-0.25, -0.2) is 4.79 Å². The van der Waals surface area contributed by atoms with Gasteiger partial charge >= 0.3 is 5.97 Å². The second kappa shape index (κ2) is 6.26. The van der Waals surface area contributed by atoms with E-state index in [0.717, 1.165) is 12.8 Å². The Labute approximate surface area is 156 Å². The number of hydrogen-bond donors (Lipinski definition) is 0. The van der Waals surface area contributed by atoms with Gasteiger partial charge in [-0.2, -0.15) is 0 Å². The van der Waals surface area contributed by atoms with E-state index in [1.165, 1.54) is 12.0 Å². The topological polar surface area (TPSA) is 26.3 Å². The molecule has 2 aromatic carbocycles. The molecule has 4 rings (SSSR count). The van der Waals surface area contributed by atoms with Crippen LogP contribution < -0.4 is 0 Å². The van der Waals surface area contributed by atoms with E-state index in [0.29, 0.717) is 17.4 Å². The summed E-state index contributed by atoms with van der Waals surface area (Å²) in [6, 6.07) is 20.0. The lowest BCUT2D eigenvalue weighted by Crippen LogP contribution is -2.41. The number of rotatable bonds is 4. The number of carbonyl (C=O) groups excluding carboxylic acids is 1. The van der Waals surface area contributed by atoms with E-state index >= 15 is 0 Å². The Balaban J connectivity index is 1.64. The quantitative estimate of drug-likeness (QED) is 0.679. The van der Waals surface area contributed by atoms with Crippen LogP contribution in [0.4, 0.5) is 0 Å². The Morgan fingerprint density at radius 2 is 1.62 bits per heavy atom. The molecule has 0 unspecified atom stereocenters. The molecule has 26 heavy (non-hydrogen) atoms. The zero-order valence-corrected chi connectivity index (χ0v) is 15.9. The van der Waals surface area contributed by atoms with Crippen molar-refractivity contribution < 1.29 is 9.53 Å². The summed E-state index contributed by atoms with van der Waals surface area (Å²) in [6.07, 6.45) is 3.34. The van der Waals surface area contributed by atoms with E-state index in [9.17, 15) is 4.79 Å². The summed E-state index contributed by atoms with van der Waals surface area (Å²) >= 11 is 0. The van der Waals surface area contributed by atoms with Crippen LogP contribution in [0.1, 0.15) is 49.5 Å². The molecule has 2 aliphatic rings. The van der Waals surface area contributed by atoms with Crippen LogP contribution in [0.25, 0.3) is 0 Å². The Morgan fingerprint density at radius 1 is 1.00 bits per heavy atom. The molecule has 2 heteroatoms. The van der Waals surface area contributed by atoms with Crippen LogP contribution >= 0.6 is 0 Å². The summed E-state index contributed by atoms with van der Waals surface area (Å²) in [5.41, 5.74) is 2.22. The largest absolute Gasteiger partial charge is 0.458 e. The average Bonchev–Trinajstić information content (AvgIpc) is 2.96. The predicted molar refractivity (Wildman–Crippen MR) is 104 cm³/mol. The minimum absolute atomic E-state index is 0.0239. The first-order valence-corrected chi connectivity index (χ1v) is 9.73. The standard InChI is InChI=1S/C24H28O2/c1-23(2)20-14-15-24(23,3)21(19(20)16-17-10-6-4-7-11-17)26-22(25)18-12-8-5-9-13-18/h4-13,19-21H,14-16H2,1-3H3/t19-,20+,21+,24-/m1/s1.